The Kier molecular flexibility index (Phi) is 4.62. The topological polar surface area (TPSA) is 17.8 Å². The molecule has 1 atom stereocenters. The summed E-state index contributed by atoms with van der Waals surface area (Å²) in [4.78, 5) is 0. The van der Waals surface area contributed by atoms with E-state index in [1.165, 1.54) is 11.3 Å². The predicted octanol–water partition coefficient (Wildman–Crippen LogP) is 4.44. The average molecular weight is 372 g/mol. The van der Waals surface area contributed by atoms with Gasteiger partial charge in [0.15, 0.2) is 0 Å². The van der Waals surface area contributed by atoms with E-state index in [4.69, 9.17) is 0 Å². The van der Waals surface area contributed by atoms with Crippen LogP contribution in [0.2, 0.25) is 0 Å². The second-order valence-corrected chi connectivity index (χ2v) is 5.87. The summed E-state index contributed by atoms with van der Waals surface area (Å²) in [5.74, 6) is 0.441. The maximum atomic E-state index is 4.57. The third kappa shape index (κ3) is 2.86. The van der Waals surface area contributed by atoms with Gasteiger partial charge in [-0.3, -0.25) is 4.68 Å². The van der Waals surface area contributed by atoms with Gasteiger partial charge in [-0.2, -0.15) is 5.10 Å². The van der Waals surface area contributed by atoms with Gasteiger partial charge < -0.3 is 0 Å². The van der Waals surface area contributed by atoms with Gasteiger partial charge in [0.1, 0.15) is 0 Å². The number of hydrogen-bond acceptors (Lipinski definition) is 1. The number of halogens is 2. The van der Waals surface area contributed by atoms with Crippen molar-refractivity contribution >= 4 is 31.9 Å². The normalized spacial score (nSPS) is 12.7. The lowest BCUT2D eigenvalue weighted by Crippen LogP contribution is -2.13. The molecule has 0 radical (unpaired) electrons. The van der Waals surface area contributed by atoms with E-state index in [-0.39, 0.29) is 0 Å². The van der Waals surface area contributed by atoms with Crippen molar-refractivity contribution in [2.75, 3.05) is 5.33 Å². The Morgan fingerprint density at radius 1 is 1.22 bits per heavy atom. The predicted molar refractivity (Wildman–Crippen MR) is 82.4 cm³/mol. The maximum Gasteiger partial charge on any atom is 0.0738 e. The Bertz CT molecular complexity index is 520. The molecule has 0 aliphatic carbocycles. The first kappa shape index (κ1) is 13.8. The van der Waals surface area contributed by atoms with E-state index in [1.54, 1.807) is 0 Å². The van der Waals surface area contributed by atoms with Gasteiger partial charge in [0, 0.05) is 23.5 Å². The van der Waals surface area contributed by atoms with Crippen molar-refractivity contribution in [2.24, 2.45) is 0 Å². The van der Waals surface area contributed by atoms with E-state index in [0.717, 1.165) is 22.0 Å². The first-order valence-corrected chi connectivity index (χ1v) is 7.85. The van der Waals surface area contributed by atoms with Crippen molar-refractivity contribution in [3.05, 3.63) is 51.8 Å². The summed E-state index contributed by atoms with van der Waals surface area (Å²) in [6, 6.07) is 10.6. The van der Waals surface area contributed by atoms with Crippen LogP contribution in [0.3, 0.4) is 0 Å². The van der Waals surface area contributed by atoms with Crippen molar-refractivity contribution in [3.8, 4) is 0 Å². The monoisotopic (exact) mass is 370 g/mol. The molecule has 2 rings (SSSR count). The zero-order chi connectivity index (χ0) is 13.1. The summed E-state index contributed by atoms with van der Waals surface area (Å²) in [6.45, 7) is 5.02. The van der Waals surface area contributed by atoms with E-state index in [9.17, 15) is 0 Å². The summed E-state index contributed by atoms with van der Waals surface area (Å²) < 4.78 is 3.20. The first-order valence-electron chi connectivity index (χ1n) is 5.94. The first-order chi connectivity index (χ1) is 8.63. The molecule has 0 saturated carbocycles. The molecule has 2 aromatic rings. The fourth-order valence-corrected chi connectivity index (χ4v) is 2.89. The zero-order valence-corrected chi connectivity index (χ0v) is 13.7. The lowest BCUT2D eigenvalue weighted by Gasteiger charge is -2.15. The number of aromatic nitrogens is 2. The third-order valence-electron chi connectivity index (χ3n) is 3.14. The largest absolute Gasteiger partial charge is 0.268 e. The molecule has 0 amide bonds. The van der Waals surface area contributed by atoms with Crippen LogP contribution in [0, 0.1) is 13.8 Å². The van der Waals surface area contributed by atoms with Gasteiger partial charge in [-0.15, -0.1) is 0 Å². The van der Waals surface area contributed by atoms with Crippen LogP contribution in [0.25, 0.3) is 0 Å². The lowest BCUT2D eigenvalue weighted by atomic mass is 10.0. The molecule has 0 saturated heterocycles. The minimum absolute atomic E-state index is 0.441. The van der Waals surface area contributed by atoms with Crippen LogP contribution >= 0.6 is 31.9 Å². The van der Waals surface area contributed by atoms with Crippen molar-refractivity contribution in [1.82, 2.24) is 9.78 Å². The van der Waals surface area contributed by atoms with Gasteiger partial charge in [0.05, 0.1) is 10.2 Å². The smallest absolute Gasteiger partial charge is 0.0738 e. The molecule has 0 bridgehead atoms. The zero-order valence-electron chi connectivity index (χ0n) is 10.5. The van der Waals surface area contributed by atoms with Gasteiger partial charge in [-0.25, -0.2) is 0 Å². The average Bonchev–Trinajstić information content (AvgIpc) is 2.64. The SMILES string of the molecule is Cc1nn(CC(CBr)c2ccccc2)c(C)c1Br. The Morgan fingerprint density at radius 2 is 1.89 bits per heavy atom. The standard InChI is InChI=1S/C14H16Br2N2/c1-10-14(16)11(2)18(17-10)9-13(8-15)12-6-4-3-5-7-12/h3-7,13H,8-9H2,1-2H3. The summed E-state index contributed by atoms with van der Waals surface area (Å²) >= 11 is 7.18. The highest BCUT2D eigenvalue weighted by Crippen LogP contribution is 2.24. The molecule has 0 spiro atoms. The van der Waals surface area contributed by atoms with E-state index in [1.807, 2.05) is 6.92 Å². The quantitative estimate of drug-likeness (QED) is 0.726. The van der Waals surface area contributed by atoms with Gasteiger partial charge in [-0.1, -0.05) is 46.3 Å². The van der Waals surface area contributed by atoms with Crippen LogP contribution in [-0.4, -0.2) is 15.1 Å². The van der Waals surface area contributed by atoms with E-state index in [2.05, 4.69) is 78.9 Å². The van der Waals surface area contributed by atoms with Gasteiger partial charge in [0.25, 0.3) is 0 Å². The highest BCUT2D eigenvalue weighted by Gasteiger charge is 2.15. The molecule has 1 aromatic heterocycles. The number of aryl methyl sites for hydroxylation is 1. The van der Waals surface area contributed by atoms with Crippen LogP contribution in [0.15, 0.2) is 34.8 Å². The minimum Gasteiger partial charge on any atom is -0.268 e. The lowest BCUT2D eigenvalue weighted by molar-refractivity contribution is 0.535. The number of benzene rings is 1. The Hall–Kier alpha value is -0.610. The van der Waals surface area contributed by atoms with Gasteiger partial charge in [0.2, 0.25) is 0 Å². The number of nitrogens with zero attached hydrogens (tertiary/aromatic N) is 2. The second-order valence-electron chi connectivity index (χ2n) is 4.43. The molecule has 0 aliphatic heterocycles. The Morgan fingerprint density at radius 3 is 2.39 bits per heavy atom. The summed E-state index contributed by atoms with van der Waals surface area (Å²) in [6.07, 6.45) is 0. The van der Waals surface area contributed by atoms with E-state index in [0.29, 0.717) is 5.92 Å². The second kappa shape index (κ2) is 6.02. The van der Waals surface area contributed by atoms with Crippen molar-refractivity contribution in [1.29, 1.82) is 0 Å². The molecule has 0 fully saturated rings. The van der Waals surface area contributed by atoms with Gasteiger partial charge >= 0.3 is 0 Å². The molecule has 2 nitrogen and oxygen atoms in total. The molecular formula is C14H16Br2N2. The van der Waals surface area contributed by atoms with Crippen molar-refractivity contribution in [2.45, 2.75) is 26.3 Å². The molecule has 96 valence electrons. The maximum absolute atomic E-state index is 4.57. The van der Waals surface area contributed by atoms with E-state index >= 15 is 0 Å². The fourth-order valence-electron chi connectivity index (χ4n) is 2.03. The molecule has 1 unspecified atom stereocenters. The van der Waals surface area contributed by atoms with Crippen LogP contribution in [0.4, 0.5) is 0 Å². The molecular weight excluding hydrogens is 356 g/mol. The Labute approximate surface area is 125 Å². The van der Waals surface area contributed by atoms with Gasteiger partial charge in [-0.05, 0) is 35.3 Å². The molecule has 0 N–H and O–H groups in total. The highest BCUT2D eigenvalue weighted by molar-refractivity contribution is 9.10. The number of rotatable bonds is 4. The van der Waals surface area contributed by atoms with Crippen LogP contribution < -0.4 is 0 Å². The fraction of sp³-hybridized carbons (Fsp3) is 0.357. The number of alkyl halides is 1. The minimum atomic E-state index is 0.441. The van der Waals surface area contributed by atoms with Crippen molar-refractivity contribution < 1.29 is 0 Å². The molecule has 1 heterocycles. The summed E-state index contributed by atoms with van der Waals surface area (Å²) in [5, 5.41) is 5.51. The van der Waals surface area contributed by atoms with Crippen LogP contribution in [0.5, 0.6) is 0 Å². The Balaban J connectivity index is 2.23. The van der Waals surface area contributed by atoms with Crippen LogP contribution in [-0.2, 0) is 6.54 Å². The van der Waals surface area contributed by atoms with E-state index < -0.39 is 0 Å². The van der Waals surface area contributed by atoms with Crippen molar-refractivity contribution in [3.63, 3.8) is 0 Å². The summed E-state index contributed by atoms with van der Waals surface area (Å²) in [5.41, 5.74) is 3.58. The third-order valence-corrected chi connectivity index (χ3v) is 5.07. The summed E-state index contributed by atoms with van der Waals surface area (Å²) in [7, 11) is 0. The molecule has 0 aliphatic rings. The highest BCUT2D eigenvalue weighted by atomic mass is 79.9. The molecule has 1 aromatic carbocycles. The molecule has 4 heteroatoms. The number of hydrogen-bond donors (Lipinski definition) is 0. The van der Waals surface area contributed by atoms with Crippen LogP contribution in [0.1, 0.15) is 22.9 Å². The molecule has 18 heavy (non-hydrogen) atoms.